The zero-order chi connectivity index (χ0) is 27.1. The fourth-order valence-corrected chi connectivity index (χ4v) is 5.05. The predicted octanol–water partition coefficient (Wildman–Crippen LogP) is 6.49. The molecule has 0 bridgehead atoms. The van der Waals surface area contributed by atoms with Crippen molar-refractivity contribution in [3.63, 3.8) is 0 Å². The molecule has 0 spiro atoms. The number of hydrogen-bond acceptors (Lipinski definition) is 8. The summed E-state index contributed by atoms with van der Waals surface area (Å²) in [5, 5.41) is 18.4. The van der Waals surface area contributed by atoms with Crippen molar-refractivity contribution in [1.29, 1.82) is 0 Å². The fourth-order valence-electron chi connectivity index (χ4n) is 3.40. The number of ether oxygens (including phenoxy) is 1. The zero-order valence-corrected chi connectivity index (χ0v) is 22.2. The van der Waals surface area contributed by atoms with Crippen LogP contribution in [-0.2, 0) is 4.79 Å². The monoisotopic (exact) mass is 548 g/mol. The van der Waals surface area contributed by atoms with Crippen LogP contribution in [0.1, 0.15) is 24.2 Å². The summed E-state index contributed by atoms with van der Waals surface area (Å²) in [4.78, 5) is 40.9. The van der Waals surface area contributed by atoms with Gasteiger partial charge in [-0.3, -0.25) is 19.7 Å². The van der Waals surface area contributed by atoms with Crippen LogP contribution in [0.4, 0.5) is 16.5 Å². The largest absolute Gasteiger partial charge is 0.494 e. The molecule has 2 amide bonds. The molecule has 9 nitrogen and oxygen atoms in total. The normalized spacial score (nSPS) is 11.4. The van der Waals surface area contributed by atoms with Gasteiger partial charge in [-0.15, -0.1) is 23.1 Å². The molecule has 194 valence electrons. The van der Waals surface area contributed by atoms with Crippen molar-refractivity contribution in [2.24, 2.45) is 0 Å². The topological polar surface area (TPSA) is 123 Å². The molecule has 4 aromatic rings. The zero-order valence-electron chi connectivity index (χ0n) is 20.5. The second-order valence-electron chi connectivity index (χ2n) is 8.03. The van der Waals surface area contributed by atoms with E-state index in [0.717, 1.165) is 21.9 Å². The Morgan fingerprint density at radius 2 is 1.82 bits per heavy atom. The summed E-state index contributed by atoms with van der Waals surface area (Å²) < 4.78 is 5.47. The van der Waals surface area contributed by atoms with Gasteiger partial charge in [-0.05, 0) is 68.4 Å². The molecule has 0 aliphatic heterocycles. The summed E-state index contributed by atoms with van der Waals surface area (Å²) in [6.07, 6.45) is 0. The second-order valence-corrected chi connectivity index (χ2v) is 10.3. The van der Waals surface area contributed by atoms with E-state index in [2.05, 4.69) is 15.6 Å². The Morgan fingerprint density at radius 3 is 2.50 bits per heavy atom. The Morgan fingerprint density at radius 1 is 1.08 bits per heavy atom. The van der Waals surface area contributed by atoms with Gasteiger partial charge in [-0.2, -0.15) is 0 Å². The van der Waals surface area contributed by atoms with Gasteiger partial charge in [0.15, 0.2) is 5.13 Å². The highest BCUT2D eigenvalue weighted by Gasteiger charge is 2.17. The molecule has 0 aliphatic carbocycles. The number of aromatic nitrogens is 1. The van der Waals surface area contributed by atoms with Crippen LogP contribution in [0, 0.1) is 10.1 Å². The minimum atomic E-state index is -0.519. The SMILES string of the molecule is CCOc1ccc(-c2csc(NC(=O)C(C)Sc3cccc(NC(=O)c4ccc([N+](=O)[O-])cc4)c3)n2)cc1. The summed E-state index contributed by atoms with van der Waals surface area (Å²) in [5.41, 5.74) is 2.46. The number of amides is 2. The van der Waals surface area contributed by atoms with Gasteiger partial charge >= 0.3 is 0 Å². The molecule has 1 atom stereocenters. The minimum Gasteiger partial charge on any atom is -0.494 e. The Kier molecular flexibility index (Phi) is 8.72. The summed E-state index contributed by atoms with van der Waals surface area (Å²) in [5.74, 6) is 0.212. The fraction of sp³-hybridized carbons (Fsp3) is 0.148. The van der Waals surface area contributed by atoms with Gasteiger partial charge in [0, 0.05) is 39.2 Å². The molecule has 1 aromatic heterocycles. The maximum atomic E-state index is 12.8. The molecule has 11 heteroatoms. The maximum Gasteiger partial charge on any atom is 0.269 e. The number of anilines is 2. The van der Waals surface area contributed by atoms with Crippen LogP contribution < -0.4 is 15.4 Å². The molecule has 4 rings (SSSR count). The third-order valence-electron chi connectivity index (χ3n) is 5.31. The van der Waals surface area contributed by atoms with Crippen LogP contribution in [0.25, 0.3) is 11.3 Å². The second kappa shape index (κ2) is 12.3. The van der Waals surface area contributed by atoms with E-state index in [-0.39, 0.29) is 17.5 Å². The molecule has 0 aliphatic rings. The van der Waals surface area contributed by atoms with Crippen LogP contribution in [0.2, 0.25) is 0 Å². The van der Waals surface area contributed by atoms with Crippen molar-refractivity contribution in [2.45, 2.75) is 24.0 Å². The lowest BCUT2D eigenvalue weighted by Gasteiger charge is -2.12. The van der Waals surface area contributed by atoms with Crippen molar-refractivity contribution >= 4 is 51.4 Å². The Bertz CT molecular complexity index is 1440. The lowest BCUT2D eigenvalue weighted by molar-refractivity contribution is -0.384. The highest BCUT2D eigenvalue weighted by atomic mass is 32.2. The number of rotatable bonds is 10. The van der Waals surface area contributed by atoms with E-state index in [1.165, 1.54) is 47.4 Å². The van der Waals surface area contributed by atoms with Crippen LogP contribution in [0.5, 0.6) is 5.75 Å². The number of benzene rings is 3. The molecule has 3 aromatic carbocycles. The van der Waals surface area contributed by atoms with Crippen molar-refractivity contribution in [3.8, 4) is 17.0 Å². The highest BCUT2D eigenvalue weighted by molar-refractivity contribution is 8.00. The first-order chi connectivity index (χ1) is 18.3. The van der Waals surface area contributed by atoms with Crippen LogP contribution in [0.3, 0.4) is 0 Å². The van der Waals surface area contributed by atoms with E-state index < -0.39 is 10.2 Å². The Hall–Kier alpha value is -4.22. The average molecular weight is 549 g/mol. The maximum absolute atomic E-state index is 12.8. The van der Waals surface area contributed by atoms with E-state index >= 15 is 0 Å². The van der Waals surface area contributed by atoms with Gasteiger partial charge in [-0.1, -0.05) is 6.07 Å². The number of carbonyl (C=O) groups is 2. The lowest BCUT2D eigenvalue weighted by Crippen LogP contribution is -2.22. The number of thioether (sulfide) groups is 1. The van der Waals surface area contributed by atoms with Gasteiger partial charge < -0.3 is 15.4 Å². The molecular weight excluding hydrogens is 524 g/mol. The molecule has 38 heavy (non-hydrogen) atoms. The molecule has 2 N–H and O–H groups in total. The standard InChI is InChI=1S/C27H24N4O5S2/c1-3-36-22-13-9-18(10-14-22)24-16-37-27(29-24)30-25(32)17(2)38-23-6-4-5-20(15-23)28-26(33)19-7-11-21(12-8-19)31(34)35/h4-17H,3H2,1-2H3,(H,28,33)(H,29,30,32). The third kappa shape index (κ3) is 6.96. The summed E-state index contributed by atoms with van der Waals surface area (Å²) >= 11 is 2.70. The molecule has 0 saturated heterocycles. The first-order valence-electron chi connectivity index (χ1n) is 11.6. The van der Waals surface area contributed by atoms with Gasteiger partial charge in [0.1, 0.15) is 5.75 Å². The average Bonchev–Trinajstić information content (AvgIpc) is 3.38. The molecular formula is C27H24N4O5S2. The number of non-ortho nitro benzene ring substituents is 1. The number of carbonyl (C=O) groups excluding carboxylic acids is 2. The van der Waals surface area contributed by atoms with Crippen LogP contribution >= 0.6 is 23.1 Å². The number of nitro groups is 1. The quantitative estimate of drug-likeness (QED) is 0.132. The third-order valence-corrected chi connectivity index (χ3v) is 7.16. The minimum absolute atomic E-state index is 0.0858. The Labute approximate surface area is 227 Å². The number of thiazole rings is 1. The predicted molar refractivity (Wildman–Crippen MR) is 150 cm³/mol. The van der Waals surface area contributed by atoms with Crippen molar-refractivity contribution in [1.82, 2.24) is 4.98 Å². The van der Waals surface area contributed by atoms with E-state index in [0.29, 0.717) is 23.0 Å². The van der Waals surface area contributed by atoms with Crippen LogP contribution in [0.15, 0.2) is 83.1 Å². The van der Waals surface area contributed by atoms with Crippen molar-refractivity contribution in [2.75, 3.05) is 17.2 Å². The Balaban J connectivity index is 1.33. The molecule has 1 heterocycles. The van der Waals surface area contributed by atoms with Gasteiger partial charge in [-0.25, -0.2) is 4.98 Å². The molecule has 1 unspecified atom stereocenters. The van der Waals surface area contributed by atoms with Gasteiger partial charge in [0.2, 0.25) is 5.91 Å². The van der Waals surface area contributed by atoms with Gasteiger partial charge in [0.25, 0.3) is 11.6 Å². The number of hydrogen-bond donors (Lipinski definition) is 2. The number of nitro benzene ring substituents is 1. The molecule has 0 saturated carbocycles. The molecule has 0 fully saturated rings. The summed E-state index contributed by atoms with van der Waals surface area (Å²) in [7, 11) is 0. The summed E-state index contributed by atoms with van der Waals surface area (Å²) in [6.45, 7) is 4.33. The summed E-state index contributed by atoms with van der Waals surface area (Å²) in [6, 6.07) is 20.1. The van der Waals surface area contributed by atoms with E-state index in [9.17, 15) is 19.7 Å². The first-order valence-corrected chi connectivity index (χ1v) is 13.4. The lowest BCUT2D eigenvalue weighted by atomic mass is 10.2. The highest BCUT2D eigenvalue weighted by Crippen LogP contribution is 2.29. The number of nitrogens with zero attached hydrogens (tertiary/aromatic N) is 2. The number of nitrogens with one attached hydrogen (secondary N) is 2. The van der Waals surface area contributed by atoms with Crippen molar-refractivity contribution in [3.05, 3.63) is 93.9 Å². The first kappa shape index (κ1) is 26.8. The van der Waals surface area contributed by atoms with E-state index in [4.69, 9.17) is 4.74 Å². The smallest absolute Gasteiger partial charge is 0.269 e. The van der Waals surface area contributed by atoms with Crippen LogP contribution in [-0.4, -0.2) is 33.6 Å². The molecule has 0 radical (unpaired) electrons. The van der Waals surface area contributed by atoms with E-state index in [1.807, 2.05) is 42.6 Å². The van der Waals surface area contributed by atoms with Gasteiger partial charge in [0.05, 0.1) is 22.5 Å². The van der Waals surface area contributed by atoms with Crippen molar-refractivity contribution < 1.29 is 19.2 Å². The van der Waals surface area contributed by atoms with E-state index in [1.54, 1.807) is 25.1 Å².